The van der Waals surface area contributed by atoms with Crippen LogP contribution >= 0.6 is 0 Å². The van der Waals surface area contributed by atoms with E-state index >= 15 is 0 Å². The topological polar surface area (TPSA) is 98.4 Å². The molecule has 1 unspecified atom stereocenters. The lowest BCUT2D eigenvalue weighted by atomic mass is 9.89. The summed E-state index contributed by atoms with van der Waals surface area (Å²) in [7, 11) is 4.54. The van der Waals surface area contributed by atoms with Crippen molar-refractivity contribution in [1.29, 1.82) is 0 Å². The Morgan fingerprint density at radius 1 is 1.15 bits per heavy atom. The molecule has 1 N–H and O–H groups in total. The normalized spacial score (nSPS) is 15.8. The van der Waals surface area contributed by atoms with E-state index in [2.05, 4.69) is 4.90 Å². The van der Waals surface area contributed by atoms with Crippen LogP contribution < -0.4 is 15.1 Å². The van der Waals surface area contributed by atoms with Crippen molar-refractivity contribution >= 4 is 16.9 Å². The zero-order chi connectivity index (χ0) is 23.7. The largest absolute Gasteiger partial charge is 0.508 e. The van der Waals surface area contributed by atoms with E-state index in [-0.39, 0.29) is 24.2 Å². The average Bonchev–Trinajstić information content (AvgIpc) is 2.82. The standard InChI is InChI=1S/C25H27NO7/c1-14-20(27)6-5-17-16(10-24(29)33-25(14)17)13-26-8-7-15-9-21(30-2)22(31-3)11-18(15)19(26)12-23(28)32-4/h5-6,9-11,19,27H,7-8,12-13H2,1-4H3. The van der Waals surface area contributed by atoms with Gasteiger partial charge in [0.25, 0.3) is 0 Å². The third-order valence-electron chi connectivity index (χ3n) is 6.29. The molecule has 2 heterocycles. The third-order valence-corrected chi connectivity index (χ3v) is 6.29. The first-order valence-electron chi connectivity index (χ1n) is 10.7. The Morgan fingerprint density at radius 3 is 2.58 bits per heavy atom. The van der Waals surface area contributed by atoms with Crippen LogP contribution in [0.15, 0.2) is 39.5 Å². The van der Waals surface area contributed by atoms with E-state index in [0.717, 1.165) is 28.5 Å². The summed E-state index contributed by atoms with van der Waals surface area (Å²) in [6.45, 7) is 2.80. The van der Waals surface area contributed by atoms with Gasteiger partial charge in [0.2, 0.25) is 0 Å². The van der Waals surface area contributed by atoms with E-state index in [0.29, 0.717) is 35.7 Å². The molecule has 174 valence electrons. The number of rotatable bonds is 6. The summed E-state index contributed by atoms with van der Waals surface area (Å²) >= 11 is 0. The highest BCUT2D eigenvalue weighted by Crippen LogP contribution is 2.40. The number of hydrogen-bond donors (Lipinski definition) is 1. The van der Waals surface area contributed by atoms with Crippen molar-refractivity contribution in [2.24, 2.45) is 0 Å². The van der Waals surface area contributed by atoms with E-state index in [9.17, 15) is 14.7 Å². The van der Waals surface area contributed by atoms with Crippen LogP contribution in [0, 0.1) is 6.92 Å². The predicted molar refractivity (Wildman–Crippen MR) is 122 cm³/mol. The van der Waals surface area contributed by atoms with E-state index in [1.807, 2.05) is 12.1 Å². The lowest BCUT2D eigenvalue weighted by molar-refractivity contribution is -0.142. The van der Waals surface area contributed by atoms with Crippen molar-refractivity contribution in [2.45, 2.75) is 32.4 Å². The number of phenolic OH excluding ortho intramolecular Hbond substituents is 1. The quantitative estimate of drug-likeness (QED) is 0.447. The zero-order valence-corrected chi connectivity index (χ0v) is 19.1. The minimum absolute atomic E-state index is 0.0688. The van der Waals surface area contributed by atoms with Crippen LogP contribution in [0.25, 0.3) is 11.0 Å². The first-order valence-corrected chi connectivity index (χ1v) is 10.7. The molecule has 0 fully saturated rings. The number of aryl methyl sites for hydroxylation is 1. The molecular formula is C25H27NO7. The van der Waals surface area contributed by atoms with Crippen LogP contribution in [0.5, 0.6) is 17.2 Å². The van der Waals surface area contributed by atoms with Gasteiger partial charge in [-0.1, -0.05) is 0 Å². The molecule has 3 aromatic rings. The number of fused-ring (bicyclic) bond motifs is 2. The van der Waals surface area contributed by atoms with Crippen molar-refractivity contribution in [3.05, 3.63) is 63.0 Å². The molecule has 1 atom stereocenters. The highest BCUT2D eigenvalue weighted by molar-refractivity contribution is 5.84. The van der Waals surface area contributed by atoms with Crippen LogP contribution in [-0.2, 0) is 22.5 Å². The van der Waals surface area contributed by atoms with Crippen molar-refractivity contribution in [3.8, 4) is 17.2 Å². The molecule has 8 nitrogen and oxygen atoms in total. The zero-order valence-electron chi connectivity index (χ0n) is 19.1. The van der Waals surface area contributed by atoms with Crippen LogP contribution in [0.3, 0.4) is 0 Å². The molecular weight excluding hydrogens is 426 g/mol. The summed E-state index contributed by atoms with van der Waals surface area (Å²) in [6, 6.07) is 8.40. The molecule has 0 saturated heterocycles. The predicted octanol–water partition coefficient (Wildman–Crippen LogP) is 3.49. The van der Waals surface area contributed by atoms with Gasteiger partial charge in [0.15, 0.2) is 11.5 Å². The number of esters is 1. The Morgan fingerprint density at radius 2 is 1.88 bits per heavy atom. The fourth-order valence-corrected chi connectivity index (χ4v) is 4.51. The summed E-state index contributed by atoms with van der Waals surface area (Å²) in [5.74, 6) is 0.971. The van der Waals surface area contributed by atoms with E-state index in [1.165, 1.54) is 13.2 Å². The summed E-state index contributed by atoms with van der Waals surface area (Å²) in [5, 5.41) is 10.8. The highest BCUT2D eigenvalue weighted by Gasteiger charge is 2.31. The summed E-state index contributed by atoms with van der Waals surface area (Å²) in [6.07, 6.45) is 0.894. The number of phenols is 1. The Bertz CT molecular complexity index is 1260. The van der Waals surface area contributed by atoms with Gasteiger partial charge in [0.05, 0.1) is 27.8 Å². The number of hydrogen-bond acceptors (Lipinski definition) is 8. The summed E-state index contributed by atoms with van der Waals surface area (Å²) in [5.41, 5.74) is 3.20. The van der Waals surface area contributed by atoms with Gasteiger partial charge in [-0.3, -0.25) is 9.69 Å². The summed E-state index contributed by atoms with van der Waals surface area (Å²) in [4.78, 5) is 26.8. The second kappa shape index (κ2) is 9.15. The number of aromatic hydroxyl groups is 1. The Balaban J connectivity index is 1.79. The van der Waals surface area contributed by atoms with Gasteiger partial charge in [-0.15, -0.1) is 0 Å². The van der Waals surface area contributed by atoms with Crippen molar-refractivity contribution < 1.29 is 28.5 Å². The minimum atomic E-state index is -0.487. The van der Waals surface area contributed by atoms with Crippen LogP contribution in [0.4, 0.5) is 0 Å². The van der Waals surface area contributed by atoms with E-state index in [1.54, 1.807) is 33.3 Å². The van der Waals surface area contributed by atoms with E-state index < -0.39 is 5.63 Å². The maximum absolute atomic E-state index is 12.3. The lowest BCUT2D eigenvalue weighted by Crippen LogP contribution is -2.36. The molecule has 0 amide bonds. The van der Waals surface area contributed by atoms with Gasteiger partial charge >= 0.3 is 11.6 Å². The van der Waals surface area contributed by atoms with Crippen molar-refractivity contribution in [3.63, 3.8) is 0 Å². The third kappa shape index (κ3) is 4.26. The molecule has 0 radical (unpaired) electrons. The SMILES string of the molecule is COC(=O)CC1c2cc(OC)c(OC)cc2CCN1Cc1cc(=O)oc2c(C)c(O)ccc12. The maximum Gasteiger partial charge on any atom is 0.336 e. The number of nitrogens with zero attached hydrogens (tertiary/aromatic N) is 1. The molecule has 0 spiro atoms. The molecule has 0 saturated carbocycles. The average molecular weight is 453 g/mol. The molecule has 1 aliphatic rings. The highest BCUT2D eigenvalue weighted by atomic mass is 16.5. The minimum Gasteiger partial charge on any atom is -0.508 e. The first kappa shape index (κ1) is 22.7. The Hall–Kier alpha value is -3.52. The molecule has 33 heavy (non-hydrogen) atoms. The maximum atomic E-state index is 12.3. The second-order valence-electron chi connectivity index (χ2n) is 8.10. The number of benzene rings is 2. The number of ether oxygens (including phenoxy) is 3. The first-order chi connectivity index (χ1) is 15.9. The van der Waals surface area contributed by atoms with Gasteiger partial charge < -0.3 is 23.7 Å². The van der Waals surface area contributed by atoms with Crippen molar-refractivity contribution in [1.82, 2.24) is 4.90 Å². The fourth-order valence-electron chi connectivity index (χ4n) is 4.51. The summed E-state index contributed by atoms with van der Waals surface area (Å²) < 4.78 is 21.3. The van der Waals surface area contributed by atoms with Crippen LogP contribution in [0.1, 0.15) is 34.7 Å². The fraction of sp³-hybridized carbons (Fsp3) is 0.360. The lowest BCUT2D eigenvalue weighted by Gasteiger charge is -2.37. The number of methoxy groups -OCH3 is 3. The molecule has 1 aromatic heterocycles. The molecule has 4 rings (SSSR count). The van der Waals surface area contributed by atoms with Gasteiger partial charge in [0.1, 0.15) is 11.3 Å². The van der Waals surface area contributed by atoms with Gasteiger partial charge in [-0.2, -0.15) is 0 Å². The molecule has 0 bridgehead atoms. The Labute approximate surface area is 191 Å². The van der Waals surface area contributed by atoms with Crippen LogP contribution in [0.2, 0.25) is 0 Å². The molecule has 0 aliphatic carbocycles. The van der Waals surface area contributed by atoms with Crippen LogP contribution in [-0.4, -0.2) is 43.8 Å². The monoisotopic (exact) mass is 453 g/mol. The molecule has 1 aliphatic heterocycles. The number of carbonyl (C=O) groups is 1. The second-order valence-corrected chi connectivity index (χ2v) is 8.10. The van der Waals surface area contributed by atoms with Gasteiger partial charge in [-0.05, 0) is 54.3 Å². The van der Waals surface area contributed by atoms with Crippen molar-refractivity contribution in [2.75, 3.05) is 27.9 Å². The van der Waals surface area contributed by atoms with Gasteiger partial charge in [0, 0.05) is 36.1 Å². The van der Waals surface area contributed by atoms with E-state index in [4.69, 9.17) is 18.6 Å². The smallest absolute Gasteiger partial charge is 0.336 e. The van der Waals surface area contributed by atoms with Gasteiger partial charge in [-0.25, -0.2) is 4.79 Å². The number of carbonyl (C=O) groups excluding carboxylic acids is 1. The Kier molecular flexibility index (Phi) is 6.29. The molecule has 8 heteroatoms. The molecule has 2 aromatic carbocycles.